The number of anilines is 1. The maximum absolute atomic E-state index is 14.2. The zero-order valence-corrected chi connectivity index (χ0v) is 16.9. The van der Waals surface area contributed by atoms with Crippen LogP contribution in [0.2, 0.25) is 0 Å². The van der Waals surface area contributed by atoms with Gasteiger partial charge in [-0.05, 0) is 35.6 Å². The third-order valence-electron chi connectivity index (χ3n) is 6.11. The highest BCUT2D eigenvalue weighted by Gasteiger charge is 2.40. The van der Waals surface area contributed by atoms with E-state index in [0.29, 0.717) is 23.2 Å². The molecule has 1 fully saturated rings. The number of halogens is 3. The van der Waals surface area contributed by atoms with Gasteiger partial charge in [-0.15, -0.1) is 0 Å². The Balaban J connectivity index is 1.69. The number of hydrogen-bond donors (Lipinski definition) is 3. The summed E-state index contributed by atoms with van der Waals surface area (Å²) in [5.74, 6) is -1.41. The first-order valence-corrected chi connectivity index (χ1v) is 10.4. The van der Waals surface area contributed by atoms with E-state index in [1.807, 2.05) is 0 Å². The van der Waals surface area contributed by atoms with Crippen molar-refractivity contribution in [3.63, 3.8) is 0 Å². The van der Waals surface area contributed by atoms with Crippen molar-refractivity contribution >= 4 is 11.7 Å². The molecule has 0 spiro atoms. The number of carboxylic acids is 1. The van der Waals surface area contributed by atoms with Crippen LogP contribution in [0.3, 0.4) is 0 Å². The minimum absolute atomic E-state index is 0.0640. The summed E-state index contributed by atoms with van der Waals surface area (Å²) in [5.41, 5.74) is 2.42. The van der Waals surface area contributed by atoms with E-state index in [1.54, 1.807) is 23.1 Å². The molecule has 0 amide bonds. The Morgan fingerprint density at radius 2 is 1.94 bits per heavy atom. The van der Waals surface area contributed by atoms with Crippen LogP contribution in [0.1, 0.15) is 41.8 Å². The highest BCUT2D eigenvalue weighted by molar-refractivity contribution is 5.93. The van der Waals surface area contributed by atoms with Gasteiger partial charge in [0.1, 0.15) is 12.3 Å². The van der Waals surface area contributed by atoms with Gasteiger partial charge in [0.2, 0.25) is 0 Å². The van der Waals surface area contributed by atoms with Crippen molar-refractivity contribution in [2.45, 2.75) is 44.3 Å². The molecule has 32 heavy (non-hydrogen) atoms. The molecule has 2 aromatic carbocycles. The minimum Gasteiger partial charge on any atom is -0.478 e. The van der Waals surface area contributed by atoms with E-state index in [0.717, 1.165) is 18.4 Å². The fraction of sp³-hybridized carbons (Fsp3) is 0.348. The zero-order valence-electron chi connectivity index (χ0n) is 16.9. The summed E-state index contributed by atoms with van der Waals surface area (Å²) in [6, 6.07) is 8.06. The van der Waals surface area contributed by atoms with Crippen LogP contribution >= 0.6 is 0 Å². The van der Waals surface area contributed by atoms with Crippen LogP contribution < -0.4 is 15.0 Å². The average Bonchev–Trinajstić information content (AvgIpc) is 3.59. The molecule has 6 nitrogen and oxygen atoms in total. The number of alkyl halides is 3. The normalized spacial score (nSPS) is 22.3. The fourth-order valence-electron chi connectivity index (χ4n) is 4.45. The van der Waals surface area contributed by atoms with E-state index in [9.17, 15) is 28.2 Å². The Hall–Kier alpha value is -3.04. The van der Waals surface area contributed by atoms with Gasteiger partial charge in [-0.2, -0.15) is 8.78 Å². The molecular formula is C23H21F3N2O4. The number of nitrogens with one attached hydrogen (secondary N) is 1. The van der Waals surface area contributed by atoms with Crippen LogP contribution in [0.4, 0.5) is 18.9 Å². The number of benzene rings is 2. The van der Waals surface area contributed by atoms with Crippen LogP contribution in [0.5, 0.6) is 5.75 Å². The maximum atomic E-state index is 14.2. The Morgan fingerprint density at radius 3 is 2.62 bits per heavy atom. The Morgan fingerprint density at radius 1 is 1.19 bits per heavy atom. The lowest BCUT2D eigenvalue weighted by molar-refractivity contribution is -0.133. The number of aliphatic carboxylic acids is 1. The number of hydrogen-bond acceptors (Lipinski definition) is 5. The van der Waals surface area contributed by atoms with Gasteiger partial charge in [-0.3, -0.25) is 0 Å². The van der Waals surface area contributed by atoms with E-state index in [1.165, 1.54) is 18.3 Å². The monoisotopic (exact) mass is 446 g/mol. The molecule has 2 aromatic rings. The fourth-order valence-corrected chi connectivity index (χ4v) is 4.45. The molecule has 2 aliphatic heterocycles. The van der Waals surface area contributed by atoms with Crippen molar-refractivity contribution in [1.29, 1.82) is 0 Å². The van der Waals surface area contributed by atoms with E-state index < -0.39 is 24.9 Å². The first kappa shape index (κ1) is 20.8. The molecule has 2 heterocycles. The van der Waals surface area contributed by atoms with Crippen LogP contribution in [-0.4, -0.2) is 35.4 Å². The van der Waals surface area contributed by atoms with E-state index >= 15 is 0 Å². The highest BCUT2D eigenvalue weighted by Crippen LogP contribution is 2.51. The largest absolute Gasteiger partial charge is 0.478 e. The third kappa shape index (κ3) is 3.51. The van der Waals surface area contributed by atoms with Gasteiger partial charge in [0, 0.05) is 36.5 Å². The molecule has 0 radical (unpaired) electrons. The van der Waals surface area contributed by atoms with Gasteiger partial charge >= 0.3 is 12.6 Å². The summed E-state index contributed by atoms with van der Waals surface area (Å²) >= 11 is 0. The van der Waals surface area contributed by atoms with Crippen molar-refractivity contribution in [3.8, 4) is 16.9 Å². The standard InChI is InChI=1S/C23H21F3N2O4/c24-18-9-27-8-12-7-11(1-4-14(12)18)15-5-6-16-19(21(15)32-23(25)26)28(13-2-3-13)10-17(20(16)29)22(30)31/h1,4-7,10,13,18,20,23,27,29H,2-3,8-9H2,(H,30,31)/t18-,20?/m1/s1. The van der Waals surface area contributed by atoms with Gasteiger partial charge in [0.15, 0.2) is 5.75 Å². The molecule has 9 heteroatoms. The summed E-state index contributed by atoms with van der Waals surface area (Å²) in [5, 5.41) is 23.1. The summed E-state index contributed by atoms with van der Waals surface area (Å²) in [6.45, 7) is -2.45. The molecule has 1 saturated carbocycles. The van der Waals surface area contributed by atoms with Crippen molar-refractivity contribution in [3.05, 3.63) is 58.8 Å². The van der Waals surface area contributed by atoms with Crippen molar-refractivity contribution in [1.82, 2.24) is 5.32 Å². The number of nitrogens with zero attached hydrogens (tertiary/aromatic N) is 1. The van der Waals surface area contributed by atoms with Gasteiger partial charge in [0.25, 0.3) is 0 Å². The number of rotatable bonds is 5. The molecule has 3 N–H and O–H groups in total. The van der Waals surface area contributed by atoms with Gasteiger partial charge in [-0.25, -0.2) is 9.18 Å². The number of carboxylic acid groups (broad SMARTS) is 1. The van der Waals surface area contributed by atoms with Gasteiger partial charge in [0.05, 0.1) is 11.3 Å². The molecule has 0 saturated heterocycles. The van der Waals surface area contributed by atoms with Crippen molar-refractivity contribution < 1.29 is 32.9 Å². The van der Waals surface area contributed by atoms with Crippen molar-refractivity contribution in [2.24, 2.45) is 0 Å². The zero-order chi connectivity index (χ0) is 22.6. The lowest BCUT2D eigenvalue weighted by atomic mass is 9.90. The summed E-state index contributed by atoms with van der Waals surface area (Å²) in [6.07, 6.45) is 0.207. The molecule has 5 rings (SSSR count). The number of ether oxygens (including phenoxy) is 1. The molecule has 2 atom stereocenters. The molecule has 1 aliphatic carbocycles. The maximum Gasteiger partial charge on any atom is 0.387 e. The second-order valence-electron chi connectivity index (χ2n) is 8.20. The summed E-state index contributed by atoms with van der Waals surface area (Å²) < 4.78 is 46.1. The van der Waals surface area contributed by atoms with Gasteiger partial charge < -0.3 is 25.2 Å². The molecular weight excluding hydrogens is 425 g/mol. The first-order chi connectivity index (χ1) is 15.3. The van der Waals surface area contributed by atoms with Crippen LogP contribution in [0, 0.1) is 0 Å². The van der Waals surface area contributed by atoms with E-state index in [4.69, 9.17) is 4.74 Å². The Bertz CT molecular complexity index is 1120. The topological polar surface area (TPSA) is 82.0 Å². The third-order valence-corrected chi connectivity index (χ3v) is 6.11. The number of fused-ring (bicyclic) bond motifs is 2. The van der Waals surface area contributed by atoms with Crippen LogP contribution in [-0.2, 0) is 11.3 Å². The number of aliphatic hydroxyl groups is 1. The molecule has 168 valence electrons. The molecule has 3 aliphatic rings. The highest BCUT2D eigenvalue weighted by atomic mass is 19.3. The first-order valence-electron chi connectivity index (χ1n) is 10.4. The smallest absolute Gasteiger partial charge is 0.387 e. The SMILES string of the molecule is O=C(O)C1=CN(C2CC2)c2c(ccc(-c3ccc4c(c3)CNC[C@H]4F)c2OC(F)F)C1O. The summed E-state index contributed by atoms with van der Waals surface area (Å²) in [4.78, 5) is 13.2. The quantitative estimate of drug-likeness (QED) is 0.643. The van der Waals surface area contributed by atoms with Gasteiger partial charge in [-0.1, -0.05) is 24.3 Å². The van der Waals surface area contributed by atoms with E-state index in [2.05, 4.69) is 5.32 Å². The molecule has 0 bridgehead atoms. The predicted octanol–water partition coefficient (Wildman–Crippen LogP) is 4.05. The van der Waals surface area contributed by atoms with E-state index in [-0.39, 0.29) is 35.2 Å². The lowest BCUT2D eigenvalue weighted by Crippen LogP contribution is -2.30. The summed E-state index contributed by atoms with van der Waals surface area (Å²) in [7, 11) is 0. The Labute approximate surface area is 181 Å². The van der Waals surface area contributed by atoms with Crippen LogP contribution in [0.15, 0.2) is 42.1 Å². The number of aliphatic hydroxyl groups excluding tert-OH is 1. The predicted molar refractivity (Wildman–Crippen MR) is 110 cm³/mol. The van der Waals surface area contributed by atoms with Crippen molar-refractivity contribution in [2.75, 3.05) is 11.4 Å². The molecule has 1 unspecified atom stereocenters. The lowest BCUT2D eigenvalue weighted by Gasteiger charge is -2.33. The number of carbonyl (C=O) groups is 1. The molecule has 0 aromatic heterocycles. The second-order valence-corrected chi connectivity index (χ2v) is 8.20. The van der Waals surface area contributed by atoms with Crippen LogP contribution in [0.25, 0.3) is 11.1 Å². The minimum atomic E-state index is -3.13. The second kappa shape index (κ2) is 7.83. The average molecular weight is 446 g/mol. The Kier molecular flexibility index (Phi) is 5.10.